The molecule has 0 atom stereocenters. The normalized spacial score (nSPS) is 11.4. The second-order valence-corrected chi connectivity index (χ2v) is 5.49. The highest BCUT2D eigenvalue weighted by atomic mass is 19.1. The first-order valence-corrected chi connectivity index (χ1v) is 7.80. The Morgan fingerprint density at radius 1 is 1.24 bits per heavy atom. The SMILES string of the molecule is CNc1nc(N)nn2ccc(-c3ccc4nnn(CCCF)c4n3)c12. The Morgan fingerprint density at radius 3 is 2.92 bits per heavy atom. The molecule has 3 N–H and O–H groups in total. The average molecular weight is 341 g/mol. The van der Waals surface area contributed by atoms with Crippen LogP contribution in [-0.2, 0) is 6.54 Å². The van der Waals surface area contributed by atoms with Crippen LogP contribution in [0.1, 0.15) is 6.42 Å². The lowest BCUT2D eigenvalue weighted by atomic mass is 10.2. The van der Waals surface area contributed by atoms with Crippen LogP contribution in [0.5, 0.6) is 0 Å². The molecule has 0 spiro atoms. The molecule has 0 bridgehead atoms. The lowest BCUT2D eigenvalue weighted by Gasteiger charge is -2.07. The maximum Gasteiger partial charge on any atom is 0.240 e. The molecule has 4 aromatic heterocycles. The first kappa shape index (κ1) is 15.2. The lowest BCUT2D eigenvalue weighted by Crippen LogP contribution is -2.05. The number of fused-ring (bicyclic) bond motifs is 2. The fourth-order valence-electron chi connectivity index (χ4n) is 2.79. The maximum absolute atomic E-state index is 12.5. The molecule has 0 amide bonds. The molecule has 25 heavy (non-hydrogen) atoms. The van der Waals surface area contributed by atoms with E-state index in [1.807, 2.05) is 18.2 Å². The van der Waals surface area contributed by atoms with E-state index in [0.717, 1.165) is 16.8 Å². The molecule has 0 aromatic carbocycles. The van der Waals surface area contributed by atoms with E-state index in [2.05, 4.69) is 30.7 Å². The summed E-state index contributed by atoms with van der Waals surface area (Å²) < 4.78 is 15.7. The minimum Gasteiger partial charge on any atom is -0.371 e. The van der Waals surface area contributed by atoms with Gasteiger partial charge in [0.25, 0.3) is 0 Å². The molecule has 4 rings (SSSR count). The van der Waals surface area contributed by atoms with Gasteiger partial charge in [0.05, 0.1) is 12.4 Å². The number of nitrogens with one attached hydrogen (secondary N) is 1. The van der Waals surface area contributed by atoms with E-state index in [0.29, 0.717) is 29.9 Å². The number of rotatable bonds is 5. The van der Waals surface area contributed by atoms with Crippen LogP contribution < -0.4 is 11.1 Å². The Morgan fingerprint density at radius 2 is 2.12 bits per heavy atom. The van der Waals surface area contributed by atoms with Crippen molar-refractivity contribution in [2.24, 2.45) is 0 Å². The third-order valence-corrected chi connectivity index (χ3v) is 3.90. The number of hydrogen-bond donors (Lipinski definition) is 2. The Balaban J connectivity index is 1.88. The Hall–Kier alpha value is -3.30. The van der Waals surface area contributed by atoms with Crippen molar-refractivity contribution < 1.29 is 4.39 Å². The molecule has 128 valence electrons. The summed E-state index contributed by atoms with van der Waals surface area (Å²) in [4.78, 5) is 8.89. The van der Waals surface area contributed by atoms with E-state index in [-0.39, 0.29) is 5.95 Å². The number of halogens is 1. The van der Waals surface area contributed by atoms with Gasteiger partial charge in [-0.3, -0.25) is 4.39 Å². The van der Waals surface area contributed by atoms with Gasteiger partial charge in [-0.25, -0.2) is 14.2 Å². The molecule has 4 aromatic rings. The highest BCUT2D eigenvalue weighted by Crippen LogP contribution is 2.29. The van der Waals surface area contributed by atoms with E-state index in [1.54, 1.807) is 22.4 Å². The zero-order valence-corrected chi connectivity index (χ0v) is 13.5. The van der Waals surface area contributed by atoms with E-state index in [9.17, 15) is 4.39 Å². The summed E-state index contributed by atoms with van der Waals surface area (Å²) in [6.07, 6.45) is 2.17. The van der Waals surface area contributed by atoms with Crippen LogP contribution in [0.2, 0.25) is 0 Å². The van der Waals surface area contributed by atoms with Crippen molar-refractivity contribution in [3.8, 4) is 11.3 Å². The van der Waals surface area contributed by atoms with Gasteiger partial charge in [-0.15, -0.1) is 10.2 Å². The van der Waals surface area contributed by atoms with Gasteiger partial charge < -0.3 is 11.1 Å². The largest absolute Gasteiger partial charge is 0.371 e. The monoisotopic (exact) mass is 341 g/mol. The average Bonchev–Trinajstić information content (AvgIpc) is 3.22. The highest BCUT2D eigenvalue weighted by molar-refractivity contribution is 5.89. The van der Waals surface area contributed by atoms with Gasteiger partial charge in [-0.05, 0) is 24.6 Å². The Bertz CT molecular complexity index is 1050. The van der Waals surface area contributed by atoms with Crippen molar-refractivity contribution in [1.82, 2.24) is 34.6 Å². The maximum atomic E-state index is 12.5. The molecule has 9 nitrogen and oxygen atoms in total. The molecular formula is C15H16FN9. The summed E-state index contributed by atoms with van der Waals surface area (Å²) in [7, 11) is 1.77. The number of pyridine rings is 1. The second-order valence-electron chi connectivity index (χ2n) is 5.49. The van der Waals surface area contributed by atoms with Crippen LogP contribution in [-0.4, -0.2) is 48.3 Å². The third-order valence-electron chi connectivity index (χ3n) is 3.90. The molecule has 0 aliphatic heterocycles. The summed E-state index contributed by atoms with van der Waals surface area (Å²) in [6, 6.07) is 5.60. The summed E-state index contributed by atoms with van der Waals surface area (Å²) in [5.74, 6) is 0.786. The number of aryl methyl sites for hydroxylation is 1. The molecule has 0 unspecified atom stereocenters. The molecule has 0 radical (unpaired) electrons. The van der Waals surface area contributed by atoms with Gasteiger partial charge in [0.1, 0.15) is 11.0 Å². The lowest BCUT2D eigenvalue weighted by molar-refractivity contribution is 0.434. The number of nitrogens with two attached hydrogens (primary N) is 1. The van der Waals surface area contributed by atoms with Gasteiger partial charge in [-0.2, -0.15) is 4.98 Å². The fourth-order valence-corrected chi connectivity index (χ4v) is 2.79. The predicted molar refractivity (Wildman–Crippen MR) is 91.9 cm³/mol. The van der Waals surface area contributed by atoms with Crippen molar-refractivity contribution in [3.63, 3.8) is 0 Å². The van der Waals surface area contributed by atoms with E-state index in [4.69, 9.17) is 5.73 Å². The van der Waals surface area contributed by atoms with Crippen LogP contribution in [0.15, 0.2) is 24.4 Å². The highest BCUT2D eigenvalue weighted by Gasteiger charge is 2.15. The van der Waals surface area contributed by atoms with Gasteiger partial charge in [-0.1, -0.05) is 5.21 Å². The molecule has 0 fully saturated rings. The van der Waals surface area contributed by atoms with Crippen LogP contribution in [0.3, 0.4) is 0 Å². The van der Waals surface area contributed by atoms with Crippen molar-refractivity contribution in [2.75, 3.05) is 24.8 Å². The summed E-state index contributed by atoms with van der Waals surface area (Å²) in [5.41, 5.74) is 9.36. The zero-order valence-electron chi connectivity index (χ0n) is 13.5. The van der Waals surface area contributed by atoms with E-state index in [1.165, 1.54) is 0 Å². The van der Waals surface area contributed by atoms with Gasteiger partial charge in [0.15, 0.2) is 11.5 Å². The molecule has 0 saturated heterocycles. The Kier molecular flexibility index (Phi) is 3.64. The minimum atomic E-state index is -0.407. The molecule has 0 aliphatic carbocycles. The van der Waals surface area contributed by atoms with E-state index < -0.39 is 6.67 Å². The standard InChI is InChI=1S/C15H16FN9/c1-18-13-12-9(5-8-24(12)22-15(17)20-13)10-3-4-11-14(19-10)25(23-21-11)7-2-6-16/h3-5,8H,2,6-7H2,1H3,(H3,17,18,20,22). The van der Waals surface area contributed by atoms with E-state index >= 15 is 0 Å². The Labute approximate surface area is 141 Å². The summed E-state index contributed by atoms with van der Waals surface area (Å²) in [6.45, 7) is 0.0246. The summed E-state index contributed by atoms with van der Waals surface area (Å²) >= 11 is 0. The number of nitrogens with zero attached hydrogens (tertiary/aromatic N) is 7. The number of anilines is 2. The third kappa shape index (κ3) is 2.51. The molecule has 4 heterocycles. The smallest absolute Gasteiger partial charge is 0.240 e. The molecular weight excluding hydrogens is 325 g/mol. The number of nitrogen functional groups attached to an aromatic ring is 1. The zero-order chi connectivity index (χ0) is 17.4. The second kappa shape index (κ2) is 5.96. The first-order chi connectivity index (χ1) is 12.2. The number of aromatic nitrogens is 7. The van der Waals surface area contributed by atoms with Crippen LogP contribution in [0.4, 0.5) is 16.2 Å². The minimum absolute atomic E-state index is 0.177. The van der Waals surface area contributed by atoms with Crippen molar-refractivity contribution in [1.29, 1.82) is 0 Å². The topological polar surface area (TPSA) is 112 Å². The molecule has 10 heteroatoms. The van der Waals surface area contributed by atoms with Crippen molar-refractivity contribution in [3.05, 3.63) is 24.4 Å². The van der Waals surface area contributed by atoms with Crippen molar-refractivity contribution >= 4 is 28.4 Å². The molecule has 0 aliphatic rings. The number of hydrogen-bond acceptors (Lipinski definition) is 7. The first-order valence-electron chi connectivity index (χ1n) is 7.80. The van der Waals surface area contributed by atoms with Crippen LogP contribution >= 0.6 is 0 Å². The number of alkyl halides is 1. The molecule has 0 saturated carbocycles. The van der Waals surface area contributed by atoms with Crippen molar-refractivity contribution in [2.45, 2.75) is 13.0 Å². The van der Waals surface area contributed by atoms with Gasteiger partial charge >= 0.3 is 0 Å². The van der Waals surface area contributed by atoms with Crippen LogP contribution in [0, 0.1) is 0 Å². The van der Waals surface area contributed by atoms with Gasteiger partial charge in [0, 0.05) is 25.4 Å². The summed E-state index contributed by atoms with van der Waals surface area (Å²) in [5, 5.41) is 15.3. The quantitative estimate of drug-likeness (QED) is 0.566. The van der Waals surface area contributed by atoms with Gasteiger partial charge in [0.2, 0.25) is 5.95 Å². The fraction of sp³-hybridized carbons (Fsp3) is 0.267. The van der Waals surface area contributed by atoms with Crippen LogP contribution in [0.25, 0.3) is 27.9 Å². The predicted octanol–water partition coefficient (Wildman–Crippen LogP) is 1.52.